The van der Waals surface area contributed by atoms with Crippen molar-refractivity contribution in [1.29, 1.82) is 0 Å². The Kier molecular flexibility index (Phi) is 3.52. The summed E-state index contributed by atoms with van der Waals surface area (Å²) >= 11 is 0. The number of carbonyl (C=O) groups excluding carboxylic acids is 1. The van der Waals surface area contributed by atoms with Crippen LogP contribution in [0.1, 0.15) is 23.2 Å². The van der Waals surface area contributed by atoms with Crippen LogP contribution in [0.3, 0.4) is 0 Å². The van der Waals surface area contributed by atoms with Crippen molar-refractivity contribution in [3.8, 4) is 0 Å². The van der Waals surface area contributed by atoms with Crippen LogP contribution in [-0.2, 0) is 4.74 Å². The number of carbonyl (C=O) groups is 1. The monoisotopic (exact) mass is 285 g/mol. The Labute approximate surface area is 114 Å². The maximum atomic E-state index is 13.2. The highest BCUT2D eigenvalue weighted by Gasteiger charge is 2.35. The van der Waals surface area contributed by atoms with Crippen LogP contribution < -0.4 is 5.32 Å². The Bertz CT molecular complexity index is 514. The standard InChI is InChI=1S/C14H14F3NO2/c15-11-3-8(4-12(16)13(11)17)14(19)7-1-9-5-20-6-10(2-7)18-9/h3-4,7,9-10,18H,1-2,5-6H2. The van der Waals surface area contributed by atoms with Gasteiger partial charge in [-0.25, -0.2) is 13.2 Å². The lowest BCUT2D eigenvalue weighted by molar-refractivity contribution is 0.00951. The van der Waals surface area contributed by atoms with Crippen LogP contribution in [0.4, 0.5) is 13.2 Å². The molecule has 2 bridgehead atoms. The van der Waals surface area contributed by atoms with Crippen molar-refractivity contribution in [2.24, 2.45) is 5.92 Å². The van der Waals surface area contributed by atoms with Crippen LogP contribution in [0, 0.1) is 23.4 Å². The molecule has 0 spiro atoms. The molecule has 2 aliphatic heterocycles. The molecule has 1 aromatic rings. The number of rotatable bonds is 2. The van der Waals surface area contributed by atoms with Crippen LogP contribution in [0.15, 0.2) is 12.1 Å². The van der Waals surface area contributed by atoms with Crippen LogP contribution >= 0.6 is 0 Å². The van der Waals surface area contributed by atoms with Gasteiger partial charge in [-0.05, 0) is 25.0 Å². The SMILES string of the molecule is O=C(c1cc(F)c(F)c(F)c1)C1CC2COCC(C1)N2. The van der Waals surface area contributed by atoms with E-state index in [1.165, 1.54) is 0 Å². The molecule has 2 fully saturated rings. The smallest absolute Gasteiger partial charge is 0.194 e. The van der Waals surface area contributed by atoms with Crippen molar-refractivity contribution in [2.45, 2.75) is 24.9 Å². The van der Waals surface area contributed by atoms with Gasteiger partial charge in [0.2, 0.25) is 0 Å². The minimum Gasteiger partial charge on any atom is -0.378 e. The summed E-state index contributed by atoms with van der Waals surface area (Å²) in [4.78, 5) is 12.3. The second-order valence-corrected chi connectivity index (χ2v) is 5.38. The molecule has 0 amide bonds. The second-order valence-electron chi connectivity index (χ2n) is 5.38. The van der Waals surface area contributed by atoms with E-state index in [-0.39, 0.29) is 29.3 Å². The molecule has 2 saturated heterocycles. The first-order valence-corrected chi connectivity index (χ1v) is 6.57. The Balaban J connectivity index is 1.82. The highest BCUT2D eigenvalue weighted by Crippen LogP contribution is 2.28. The third-order valence-electron chi connectivity index (χ3n) is 3.89. The molecule has 2 unspecified atom stereocenters. The van der Waals surface area contributed by atoms with Gasteiger partial charge in [-0.1, -0.05) is 0 Å². The van der Waals surface area contributed by atoms with E-state index in [4.69, 9.17) is 4.74 Å². The molecule has 108 valence electrons. The van der Waals surface area contributed by atoms with E-state index in [1.807, 2.05) is 0 Å². The number of fused-ring (bicyclic) bond motifs is 2. The van der Waals surface area contributed by atoms with Crippen LogP contribution in [0.5, 0.6) is 0 Å². The van der Waals surface area contributed by atoms with Crippen molar-refractivity contribution >= 4 is 5.78 Å². The van der Waals surface area contributed by atoms with E-state index in [1.54, 1.807) is 0 Å². The highest BCUT2D eigenvalue weighted by molar-refractivity contribution is 5.98. The summed E-state index contributed by atoms with van der Waals surface area (Å²) in [6, 6.07) is 1.72. The maximum absolute atomic E-state index is 13.2. The summed E-state index contributed by atoms with van der Waals surface area (Å²) in [7, 11) is 0. The van der Waals surface area contributed by atoms with Gasteiger partial charge in [-0.3, -0.25) is 4.79 Å². The number of benzene rings is 1. The van der Waals surface area contributed by atoms with Gasteiger partial charge in [0.05, 0.1) is 13.2 Å². The van der Waals surface area contributed by atoms with Crippen molar-refractivity contribution in [3.63, 3.8) is 0 Å². The Hall–Kier alpha value is -1.40. The van der Waals surface area contributed by atoms with Crippen molar-refractivity contribution < 1.29 is 22.7 Å². The maximum Gasteiger partial charge on any atom is 0.194 e. The molecule has 0 radical (unpaired) electrons. The van der Waals surface area contributed by atoms with Crippen LogP contribution in [0.25, 0.3) is 0 Å². The van der Waals surface area contributed by atoms with Crippen molar-refractivity contribution in [3.05, 3.63) is 35.1 Å². The molecule has 2 aliphatic rings. The molecule has 0 aliphatic carbocycles. The molecular formula is C14H14F3NO2. The first-order valence-electron chi connectivity index (χ1n) is 6.57. The quantitative estimate of drug-likeness (QED) is 0.667. The molecule has 1 N–H and O–H groups in total. The largest absolute Gasteiger partial charge is 0.378 e. The normalized spacial score (nSPS) is 29.2. The number of ketones is 1. The summed E-state index contributed by atoms with van der Waals surface area (Å²) in [5.41, 5.74) is -0.104. The average Bonchev–Trinajstić information content (AvgIpc) is 2.43. The molecular weight excluding hydrogens is 271 g/mol. The Morgan fingerprint density at radius 1 is 1.10 bits per heavy atom. The predicted molar refractivity (Wildman–Crippen MR) is 64.9 cm³/mol. The van der Waals surface area contributed by atoms with Crippen LogP contribution in [0.2, 0.25) is 0 Å². The van der Waals surface area contributed by atoms with E-state index in [2.05, 4.69) is 5.32 Å². The van der Waals surface area contributed by atoms with Gasteiger partial charge in [-0.2, -0.15) is 0 Å². The molecule has 2 heterocycles. The van der Waals surface area contributed by atoms with Gasteiger partial charge in [0.25, 0.3) is 0 Å². The van der Waals surface area contributed by atoms with Crippen molar-refractivity contribution in [1.82, 2.24) is 5.32 Å². The Morgan fingerprint density at radius 2 is 1.65 bits per heavy atom. The minimum absolute atomic E-state index is 0.0894. The number of hydrogen-bond acceptors (Lipinski definition) is 3. The van der Waals surface area contributed by atoms with Gasteiger partial charge >= 0.3 is 0 Å². The lowest BCUT2D eigenvalue weighted by Crippen LogP contribution is -2.55. The molecule has 20 heavy (non-hydrogen) atoms. The molecule has 1 aromatic carbocycles. The third kappa shape index (κ3) is 2.45. The first-order chi connectivity index (χ1) is 9.54. The number of Topliss-reactive ketones (excluding diaryl/α,β-unsaturated/α-hetero) is 1. The Morgan fingerprint density at radius 3 is 2.20 bits per heavy atom. The number of nitrogens with one attached hydrogen (secondary N) is 1. The molecule has 3 nitrogen and oxygen atoms in total. The molecule has 0 aromatic heterocycles. The fraction of sp³-hybridized carbons (Fsp3) is 0.500. The lowest BCUT2D eigenvalue weighted by atomic mass is 9.82. The van der Waals surface area contributed by atoms with E-state index in [0.717, 1.165) is 12.1 Å². The van der Waals surface area contributed by atoms with Crippen molar-refractivity contribution in [2.75, 3.05) is 13.2 Å². The second kappa shape index (κ2) is 5.18. The summed E-state index contributed by atoms with van der Waals surface area (Å²) in [5, 5.41) is 3.34. The first kappa shape index (κ1) is 13.6. The summed E-state index contributed by atoms with van der Waals surface area (Å²) in [6.07, 6.45) is 1.13. The summed E-state index contributed by atoms with van der Waals surface area (Å²) in [6.45, 7) is 1.07. The van der Waals surface area contributed by atoms with E-state index < -0.39 is 17.5 Å². The zero-order valence-corrected chi connectivity index (χ0v) is 10.7. The van der Waals surface area contributed by atoms with Gasteiger partial charge in [0, 0.05) is 23.6 Å². The number of piperidine rings is 1. The molecule has 0 saturated carbocycles. The molecule has 6 heteroatoms. The topological polar surface area (TPSA) is 38.3 Å². The fourth-order valence-electron chi connectivity index (χ4n) is 2.98. The molecule has 3 rings (SSSR count). The predicted octanol–water partition coefficient (Wildman–Crippen LogP) is 2.05. The van der Waals surface area contributed by atoms with Gasteiger partial charge in [0.1, 0.15) is 0 Å². The van der Waals surface area contributed by atoms with Gasteiger partial charge in [-0.15, -0.1) is 0 Å². The zero-order chi connectivity index (χ0) is 14.3. The van der Waals surface area contributed by atoms with Gasteiger partial charge in [0.15, 0.2) is 23.2 Å². The number of ether oxygens (including phenoxy) is 1. The summed E-state index contributed by atoms with van der Waals surface area (Å²) < 4.78 is 44.7. The van der Waals surface area contributed by atoms with Crippen LogP contribution in [-0.4, -0.2) is 31.1 Å². The zero-order valence-electron chi connectivity index (χ0n) is 10.7. The fourth-order valence-corrected chi connectivity index (χ4v) is 2.98. The third-order valence-corrected chi connectivity index (χ3v) is 3.89. The van der Waals surface area contributed by atoms with E-state index in [9.17, 15) is 18.0 Å². The number of hydrogen-bond donors (Lipinski definition) is 1. The molecule has 2 atom stereocenters. The highest BCUT2D eigenvalue weighted by atomic mass is 19.2. The van der Waals surface area contributed by atoms with Gasteiger partial charge < -0.3 is 10.1 Å². The lowest BCUT2D eigenvalue weighted by Gasteiger charge is -2.39. The minimum atomic E-state index is -1.54. The number of morpholine rings is 1. The van der Waals surface area contributed by atoms with E-state index in [0.29, 0.717) is 26.1 Å². The average molecular weight is 285 g/mol. The summed E-state index contributed by atoms with van der Waals surface area (Å²) in [5.74, 6) is -4.84. The van der Waals surface area contributed by atoms with E-state index >= 15 is 0 Å². The number of halogens is 3.